The lowest BCUT2D eigenvalue weighted by atomic mass is 10.3. The molecule has 0 atom stereocenters. The van der Waals surface area contributed by atoms with Gasteiger partial charge < -0.3 is 10.2 Å². The van der Waals surface area contributed by atoms with Gasteiger partial charge >= 0.3 is 0 Å². The summed E-state index contributed by atoms with van der Waals surface area (Å²) in [6.45, 7) is 2.93. The van der Waals surface area contributed by atoms with Crippen LogP contribution in [0.2, 0.25) is 0 Å². The molecular weight excluding hydrogens is 292 g/mol. The zero-order valence-corrected chi connectivity index (χ0v) is 12.8. The van der Waals surface area contributed by atoms with Gasteiger partial charge in [0.1, 0.15) is 0 Å². The molecule has 2 heterocycles. The van der Waals surface area contributed by atoms with E-state index < -0.39 is 10.0 Å². The molecule has 7 nitrogen and oxygen atoms in total. The van der Waals surface area contributed by atoms with Gasteiger partial charge in [-0.15, -0.1) is 0 Å². The number of aromatic nitrogens is 1. The molecule has 8 heteroatoms. The first-order chi connectivity index (χ1) is 9.95. The molecule has 1 aliphatic heterocycles. The van der Waals surface area contributed by atoms with Crippen LogP contribution in [-0.4, -0.2) is 67.5 Å². The van der Waals surface area contributed by atoms with Crippen LogP contribution in [0.3, 0.4) is 0 Å². The van der Waals surface area contributed by atoms with Gasteiger partial charge in [0, 0.05) is 45.3 Å². The highest BCUT2D eigenvalue weighted by atomic mass is 32.2. The Balaban J connectivity index is 1.71. The maximum Gasteiger partial charge on any atom is 0.225 e. The fraction of sp³-hybridized carbons (Fsp3) is 0.538. The molecule has 1 N–H and O–H groups in total. The van der Waals surface area contributed by atoms with Gasteiger partial charge in [-0.05, 0) is 12.1 Å². The van der Waals surface area contributed by atoms with E-state index in [-0.39, 0.29) is 5.91 Å². The SMILES string of the molecule is CS(=O)(=O)N1CCN(CCC(=O)Nc2cccnc2)CC1. The smallest absolute Gasteiger partial charge is 0.225 e. The summed E-state index contributed by atoms with van der Waals surface area (Å²) < 4.78 is 24.3. The summed E-state index contributed by atoms with van der Waals surface area (Å²) in [6.07, 6.45) is 4.86. The number of rotatable bonds is 5. The molecule has 2 rings (SSSR count). The third-order valence-corrected chi connectivity index (χ3v) is 4.70. The first-order valence-corrected chi connectivity index (χ1v) is 8.67. The van der Waals surface area contributed by atoms with Crippen LogP contribution in [0.1, 0.15) is 6.42 Å². The molecule has 0 spiro atoms. The lowest BCUT2D eigenvalue weighted by Crippen LogP contribution is -2.48. The predicted molar refractivity (Wildman–Crippen MR) is 80.3 cm³/mol. The summed E-state index contributed by atoms with van der Waals surface area (Å²) in [5.41, 5.74) is 0.685. The van der Waals surface area contributed by atoms with E-state index in [4.69, 9.17) is 0 Å². The number of amides is 1. The van der Waals surface area contributed by atoms with Crippen molar-refractivity contribution in [2.45, 2.75) is 6.42 Å². The van der Waals surface area contributed by atoms with Crippen molar-refractivity contribution in [2.24, 2.45) is 0 Å². The number of carbonyl (C=O) groups excluding carboxylic acids is 1. The Morgan fingerprint density at radius 3 is 2.62 bits per heavy atom. The van der Waals surface area contributed by atoms with Crippen LogP contribution in [0, 0.1) is 0 Å². The lowest BCUT2D eigenvalue weighted by Gasteiger charge is -2.32. The predicted octanol–water partition coefficient (Wildman–Crippen LogP) is -0.0126. The average molecular weight is 312 g/mol. The molecule has 1 saturated heterocycles. The van der Waals surface area contributed by atoms with E-state index in [9.17, 15) is 13.2 Å². The van der Waals surface area contributed by atoms with Crippen molar-refractivity contribution in [1.29, 1.82) is 0 Å². The van der Waals surface area contributed by atoms with Gasteiger partial charge in [-0.2, -0.15) is 4.31 Å². The minimum Gasteiger partial charge on any atom is -0.325 e. The Kier molecular flexibility index (Phi) is 5.27. The maximum atomic E-state index is 11.8. The molecule has 1 fully saturated rings. The molecule has 21 heavy (non-hydrogen) atoms. The van der Waals surface area contributed by atoms with Gasteiger partial charge in [0.2, 0.25) is 15.9 Å². The van der Waals surface area contributed by atoms with Crippen molar-refractivity contribution < 1.29 is 13.2 Å². The van der Waals surface area contributed by atoms with E-state index in [1.54, 1.807) is 24.5 Å². The van der Waals surface area contributed by atoms with Gasteiger partial charge in [0.05, 0.1) is 18.1 Å². The summed E-state index contributed by atoms with van der Waals surface area (Å²) in [5.74, 6) is -0.0615. The summed E-state index contributed by atoms with van der Waals surface area (Å²) >= 11 is 0. The molecule has 0 bridgehead atoms. The van der Waals surface area contributed by atoms with Crippen LogP contribution in [0.4, 0.5) is 5.69 Å². The van der Waals surface area contributed by atoms with E-state index in [1.165, 1.54) is 10.6 Å². The minimum atomic E-state index is -3.10. The highest BCUT2D eigenvalue weighted by Gasteiger charge is 2.23. The zero-order valence-electron chi connectivity index (χ0n) is 12.0. The number of hydrogen-bond donors (Lipinski definition) is 1. The summed E-state index contributed by atoms with van der Waals surface area (Å²) in [7, 11) is -3.10. The van der Waals surface area contributed by atoms with Gasteiger partial charge in [-0.1, -0.05) is 0 Å². The molecule has 0 aliphatic carbocycles. The molecule has 1 aliphatic rings. The second-order valence-corrected chi connectivity index (χ2v) is 7.03. The largest absolute Gasteiger partial charge is 0.325 e. The normalized spacial score (nSPS) is 17.6. The van der Waals surface area contributed by atoms with E-state index in [1.807, 2.05) is 0 Å². The van der Waals surface area contributed by atoms with Crippen molar-refractivity contribution in [3.05, 3.63) is 24.5 Å². The molecule has 0 saturated carbocycles. The molecule has 0 aromatic carbocycles. The molecule has 0 unspecified atom stereocenters. The fourth-order valence-corrected chi connectivity index (χ4v) is 3.03. The van der Waals surface area contributed by atoms with E-state index in [2.05, 4.69) is 15.2 Å². The average Bonchev–Trinajstić information content (AvgIpc) is 2.46. The number of hydrogen-bond acceptors (Lipinski definition) is 5. The summed E-state index contributed by atoms with van der Waals surface area (Å²) in [6, 6.07) is 3.55. The van der Waals surface area contributed by atoms with Crippen molar-refractivity contribution in [3.63, 3.8) is 0 Å². The van der Waals surface area contributed by atoms with Gasteiger partial charge in [-0.25, -0.2) is 8.42 Å². The number of carbonyl (C=O) groups is 1. The number of nitrogens with one attached hydrogen (secondary N) is 1. The second kappa shape index (κ2) is 6.97. The van der Waals surface area contributed by atoms with Crippen molar-refractivity contribution in [2.75, 3.05) is 44.3 Å². The first-order valence-electron chi connectivity index (χ1n) is 6.82. The fourth-order valence-electron chi connectivity index (χ4n) is 2.20. The van der Waals surface area contributed by atoms with Crippen molar-refractivity contribution in [3.8, 4) is 0 Å². The number of piperazine rings is 1. The number of sulfonamides is 1. The summed E-state index contributed by atoms with van der Waals surface area (Å²) in [5, 5.41) is 2.78. The topological polar surface area (TPSA) is 82.6 Å². The van der Waals surface area contributed by atoms with Gasteiger partial charge in [0.15, 0.2) is 0 Å². The maximum absolute atomic E-state index is 11.8. The van der Waals surface area contributed by atoms with Gasteiger partial charge in [-0.3, -0.25) is 9.78 Å². The number of anilines is 1. The molecule has 0 radical (unpaired) electrons. The second-order valence-electron chi connectivity index (χ2n) is 5.04. The van der Waals surface area contributed by atoms with Crippen molar-refractivity contribution in [1.82, 2.24) is 14.2 Å². The van der Waals surface area contributed by atoms with Crippen LogP contribution in [0.15, 0.2) is 24.5 Å². The quantitative estimate of drug-likeness (QED) is 0.827. The Hall–Kier alpha value is -1.51. The highest BCUT2D eigenvalue weighted by molar-refractivity contribution is 7.88. The molecule has 1 aromatic heterocycles. The Morgan fingerprint density at radius 1 is 1.33 bits per heavy atom. The third-order valence-electron chi connectivity index (χ3n) is 3.40. The van der Waals surface area contributed by atoms with E-state index in [0.717, 1.165) is 0 Å². The Morgan fingerprint density at radius 2 is 2.05 bits per heavy atom. The van der Waals surface area contributed by atoms with E-state index >= 15 is 0 Å². The Labute approximate surface area is 125 Å². The van der Waals surface area contributed by atoms with Crippen molar-refractivity contribution >= 4 is 21.6 Å². The zero-order chi connectivity index (χ0) is 15.3. The minimum absolute atomic E-state index is 0.0615. The number of pyridine rings is 1. The van der Waals surface area contributed by atoms with Crippen LogP contribution < -0.4 is 5.32 Å². The van der Waals surface area contributed by atoms with Crippen LogP contribution >= 0.6 is 0 Å². The van der Waals surface area contributed by atoms with Crippen LogP contribution in [0.25, 0.3) is 0 Å². The molecule has 116 valence electrons. The highest BCUT2D eigenvalue weighted by Crippen LogP contribution is 2.07. The molecule has 1 aromatic rings. The Bertz CT molecular complexity index is 568. The lowest BCUT2D eigenvalue weighted by molar-refractivity contribution is -0.116. The van der Waals surface area contributed by atoms with Crippen LogP contribution in [0.5, 0.6) is 0 Å². The molecular formula is C13H20N4O3S. The third kappa shape index (κ3) is 5.07. The van der Waals surface area contributed by atoms with Crippen LogP contribution in [-0.2, 0) is 14.8 Å². The monoisotopic (exact) mass is 312 g/mol. The first kappa shape index (κ1) is 15.9. The number of nitrogens with zero attached hydrogens (tertiary/aromatic N) is 3. The van der Waals surface area contributed by atoms with E-state index in [0.29, 0.717) is 44.8 Å². The molecule has 1 amide bonds. The standard InChI is InChI=1S/C13H20N4O3S/c1-21(19,20)17-9-7-16(8-10-17)6-4-13(18)15-12-3-2-5-14-11-12/h2-3,5,11H,4,6-10H2,1H3,(H,15,18). The van der Waals surface area contributed by atoms with Gasteiger partial charge in [0.25, 0.3) is 0 Å². The summed E-state index contributed by atoms with van der Waals surface area (Å²) in [4.78, 5) is 17.8.